The van der Waals surface area contributed by atoms with E-state index in [0.29, 0.717) is 12.1 Å². The van der Waals surface area contributed by atoms with Gasteiger partial charge in [-0.3, -0.25) is 4.68 Å². The van der Waals surface area contributed by atoms with Crippen molar-refractivity contribution in [2.24, 2.45) is 0 Å². The first-order chi connectivity index (χ1) is 7.55. The molecular formula is C11H9F3N2. The van der Waals surface area contributed by atoms with Crippen LogP contribution in [0.1, 0.15) is 11.1 Å². The number of aromatic nitrogens is 2. The van der Waals surface area contributed by atoms with Gasteiger partial charge in [0.15, 0.2) is 0 Å². The Morgan fingerprint density at radius 1 is 1.19 bits per heavy atom. The minimum Gasteiger partial charge on any atom is -0.268 e. The smallest absolute Gasteiger partial charge is 0.268 e. The molecule has 0 atom stereocenters. The second-order valence-electron chi connectivity index (χ2n) is 3.40. The summed E-state index contributed by atoms with van der Waals surface area (Å²) in [7, 11) is 0. The highest BCUT2D eigenvalue weighted by atomic mass is 19.4. The molecule has 2 rings (SSSR count). The predicted octanol–water partition coefficient (Wildman–Crippen LogP) is 2.95. The number of benzene rings is 1. The second kappa shape index (κ2) is 4.00. The van der Waals surface area contributed by atoms with Crippen molar-refractivity contribution in [3.05, 3.63) is 53.9 Å². The van der Waals surface area contributed by atoms with Crippen molar-refractivity contribution in [1.82, 2.24) is 9.78 Å². The molecule has 0 saturated carbocycles. The zero-order valence-corrected chi connectivity index (χ0v) is 8.28. The van der Waals surface area contributed by atoms with Crippen LogP contribution >= 0.6 is 0 Å². The van der Waals surface area contributed by atoms with Crippen molar-refractivity contribution in [2.45, 2.75) is 12.7 Å². The topological polar surface area (TPSA) is 17.8 Å². The van der Waals surface area contributed by atoms with E-state index < -0.39 is 11.7 Å². The fourth-order valence-electron chi connectivity index (χ4n) is 1.43. The number of nitrogens with zero attached hydrogens (tertiary/aromatic N) is 2. The van der Waals surface area contributed by atoms with Gasteiger partial charge in [-0.25, -0.2) is 0 Å². The first kappa shape index (κ1) is 10.7. The van der Waals surface area contributed by atoms with Crippen LogP contribution in [0.25, 0.3) is 0 Å². The SMILES string of the molecule is FC(F)(F)c1cccc(Cn2cccn2)c1. The van der Waals surface area contributed by atoms with Crippen molar-refractivity contribution in [3.8, 4) is 0 Å². The number of hydrogen-bond donors (Lipinski definition) is 0. The molecule has 84 valence electrons. The molecular weight excluding hydrogens is 217 g/mol. The van der Waals surface area contributed by atoms with Crippen molar-refractivity contribution >= 4 is 0 Å². The zero-order chi connectivity index (χ0) is 11.6. The van der Waals surface area contributed by atoms with Crippen LogP contribution in [-0.4, -0.2) is 9.78 Å². The van der Waals surface area contributed by atoms with Crippen molar-refractivity contribution in [3.63, 3.8) is 0 Å². The molecule has 0 saturated heterocycles. The Morgan fingerprint density at radius 3 is 2.62 bits per heavy atom. The lowest BCUT2D eigenvalue weighted by atomic mass is 10.1. The molecule has 1 heterocycles. The fraction of sp³-hybridized carbons (Fsp3) is 0.182. The van der Waals surface area contributed by atoms with Gasteiger partial charge in [-0.1, -0.05) is 12.1 Å². The van der Waals surface area contributed by atoms with Crippen molar-refractivity contribution in [1.29, 1.82) is 0 Å². The maximum absolute atomic E-state index is 12.4. The lowest BCUT2D eigenvalue weighted by Gasteiger charge is -2.08. The Bertz CT molecular complexity index is 460. The molecule has 0 fully saturated rings. The van der Waals surface area contributed by atoms with E-state index in [1.54, 1.807) is 29.2 Å². The van der Waals surface area contributed by atoms with Crippen LogP contribution in [0.5, 0.6) is 0 Å². The van der Waals surface area contributed by atoms with Gasteiger partial charge in [0.2, 0.25) is 0 Å². The summed E-state index contributed by atoms with van der Waals surface area (Å²) in [6.07, 6.45) is -0.992. The van der Waals surface area contributed by atoms with Crippen LogP contribution in [0.15, 0.2) is 42.7 Å². The minimum absolute atomic E-state index is 0.344. The quantitative estimate of drug-likeness (QED) is 0.769. The van der Waals surface area contributed by atoms with Gasteiger partial charge in [-0.05, 0) is 23.8 Å². The average Bonchev–Trinajstić information content (AvgIpc) is 2.70. The molecule has 0 amide bonds. The molecule has 0 radical (unpaired) electrons. The largest absolute Gasteiger partial charge is 0.416 e. The van der Waals surface area contributed by atoms with Gasteiger partial charge in [0.1, 0.15) is 0 Å². The van der Waals surface area contributed by atoms with Gasteiger partial charge >= 0.3 is 6.18 Å². The van der Waals surface area contributed by atoms with Crippen LogP contribution in [-0.2, 0) is 12.7 Å². The van der Waals surface area contributed by atoms with Crippen LogP contribution < -0.4 is 0 Å². The third kappa shape index (κ3) is 2.42. The second-order valence-corrected chi connectivity index (χ2v) is 3.40. The van der Waals surface area contributed by atoms with Gasteiger partial charge < -0.3 is 0 Å². The maximum atomic E-state index is 12.4. The zero-order valence-electron chi connectivity index (χ0n) is 8.28. The Labute approximate surface area is 90.3 Å². The van der Waals surface area contributed by atoms with Crippen molar-refractivity contribution in [2.75, 3.05) is 0 Å². The normalized spacial score (nSPS) is 11.7. The van der Waals surface area contributed by atoms with Gasteiger partial charge in [0.25, 0.3) is 0 Å². The van der Waals surface area contributed by atoms with Gasteiger partial charge in [0, 0.05) is 12.4 Å². The summed E-state index contributed by atoms with van der Waals surface area (Å²) >= 11 is 0. The van der Waals surface area contributed by atoms with E-state index in [4.69, 9.17) is 0 Å². The molecule has 0 bridgehead atoms. The van der Waals surface area contributed by atoms with E-state index in [2.05, 4.69) is 5.10 Å². The summed E-state index contributed by atoms with van der Waals surface area (Å²) in [6, 6.07) is 6.99. The number of halogens is 3. The molecule has 1 aromatic heterocycles. The van der Waals surface area contributed by atoms with Crippen molar-refractivity contribution < 1.29 is 13.2 Å². The van der Waals surface area contributed by atoms with Crippen LogP contribution in [0.3, 0.4) is 0 Å². The van der Waals surface area contributed by atoms with E-state index in [0.717, 1.165) is 12.1 Å². The standard InChI is InChI=1S/C11H9F3N2/c12-11(13,14)10-4-1-3-9(7-10)8-16-6-2-5-15-16/h1-7H,8H2. The molecule has 5 heteroatoms. The molecule has 2 nitrogen and oxygen atoms in total. The molecule has 0 aliphatic carbocycles. The van der Waals surface area contributed by atoms with Gasteiger partial charge in [-0.2, -0.15) is 18.3 Å². The third-order valence-electron chi connectivity index (χ3n) is 2.16. The van der Waals surface area contributed by atoms with E-state index in [1.165, 1.54) is 6.07 Å². The monoisotopic (exact) mass is 226 g/mol. The average molecular weight is 226 g/mol. The summed E-state index contributed by atoms with van der Waals surface area (Å²) in [6.45, 7) is 0.344. The lowest BCUT2D eigenvalue weighted by Crippen LogP contribution is -2.07. The van der Waals surface area contributed by atoms with Crippen LogP contribution in [0, 0.1) is 0 Å². The summed E-state index contributed by atoms with van der Waals surface area (Å²) in [5.41, 5.74) is -0.0457. The highest BCUT2D eigenvalue weighted by molar-refractivity contribution is 5.25. The van der Waals surface area contributed by atoms with E-state index in [9.17, 15) is 13.2 Å². The lowest BCUT2D eigenvalue weighted by molar-refractivity contribution is -0.137. The molecule has 0 aliphatic heterocycles. The van der Waals surface area contributed by atoms with E-state index in [1.807, 2.05) is 0 Å². The Kier molecular flexibility index (Phi) is 2.68. The molecule has 0 N–H and O–H groups in total. The van der Waals surface area contributed by atoms with E-state index >= 15 is 0 Å². The fourth-order valence-corrected chi connectivity index (χ4v) is 1.43. The maximum Gasteiger partial charge on any atom is 0.416 e. The third-order valence-corrected chi connectivity index (χ3v) is 2.16. The number of rotatable bonds is 2. The highest BCUT2D eigenvalue weighted by Gasteiger charge is 2.30. The van der Waals surface area contributed by atoms with Gasteiger partial charge in [-0.15, -0.1) is 0 Å². The predicted molar refractivity (Wildman–Crippen MR) is 52.8 cm³/mol. The molecule has 0 unspecified atom stereocenters. The first-order valence-electron chi connectivity index (χ1n) is 4.69. The van der Waals surface area contributed by atoms with Gasteiger partial charge in [0.05, 0.1) is 12.1 Å². The van der Waals surface area contributed by atoms with Crippen LogP contribution in [0.2, 0.25) is 0 Å². The Balaban J connectivity index is 2.23. The summed E-state index contributed by atoms with van der Waals surface area (Å²) in [5.74, 6) is 0. The molecule has 2 aromatic rings. The Hall–Kier alpha value is -1.78. The minimum atomic E-state index is -4.29. The summed E-state index contributed by atoms with van der Waals surface area (Å²) in [5, 5.41) is 3.94. The molecule has 0 spiro atoms. The number of alkyl halides is 3. The molecule has 1 aromatic carbocycles. The Morgan fingerprint density at radius 2 is 2.00 bits per heavy atom. The summed E-state index contributed by atoms with van der Waals surface area (Å²) < 4.78 is 38.9. The summed E-state index contributed by atoms with van der Waals surface area (Å²) in [4.78, 5) is 0. The molecule has 0 aliphatic rings. The first-order valence-corrected chi connectivity index (χ1v) is 4.69. The number of hydrogen-bond acceptors (Lipinski definition) is 1. The highest BCUT2D eigenvalue weighted by Crippen LogP contribution is 2.29. The van der Waals surface area contributed by atoms with Crippen LogP contribution in [0.4, 0.5) is 13.2 Å². The van der Waals surface area contributed by atoms with E-state index in [-0.39, 0.29) is 0 Å². The molecule has 16 heavy (non-hydrogen) atoms.